The van der Waals surface area contributed by atoms with Gasteiger partial charge >= 0.3 is 0 Å². The summed E-state index contributed by atoms with van der Waals surface area (Å²) < 4.78 is 1.42. The molecule has 4 rings (SSSR count). The zero-order chi connectivity index (χ0) is 22.7. The molecule has 0 radical (unpaired) electrons. The number of rotatable bonds is 4. The van der Waals surface area contributed by atoms with Crippen molar-refractivity contribution in [2.45, 2.75) is 19.8 Å². The molecule has 9 heteroatoms. The Hall–Kier alpha value is -3.65. The number of benzene rings is 2. The van der Waals surface area contributed by atoms with Crippen LogP contribution in [0.5, 0.6) is 0 Å². The van der Waals surface area contributed by atoms with Crippen LogP contribution in [0.1, 0.15) is 28.2 Å². The number of nitrogens with one attached hydrogen (secondary N) is 2. The molecule has 0 fully saturated rings. The van der Waals surface area contributed by atoms with E-state index >= 15 is 0 Å². The highest BCUT2D eigenvalue weighted by Crippen LogP contribution is 2.26. The van der Waals surface area contributed by atoms with Crippen LogP contribution >= 0.6 is 11.6 Å². The third-order valence-corrected chi connectivity index (χ3v) is 5.58. The lowest BCUT2D eigenvalue weighted by atomic mass is 10.0. The van der Waals surface area contributed by atoms with E-state index in [0.29, 0.717) is 16.4 Å². The molecule has 164 valence electrons. The number of halogens is 1. The van der Waals surface area contributed by atoms with Gasteiger partial charge in [0.2, 0.25) is 5.43 Å². The zero-order valence-corrected chi connectivity index (χ0v) is 18.2. The molecule has 1 aliphatic heterocycles. The van der Waals surface area contributed by atoms with Gasteiger partial charge in [0.1, 0.15) is 0 Å². The van der Waals surface area contributed by atoms with Crippen molar-refractivity contribution in [1.82, 2.24) is 20.6 Å². The summed E-state index contributed by atoms with van der Waals surface area (Å²) in [6.07, 6.45) is 1.92. The van der Waals surface area contributed by atoms with E-state index in [2.05, 4.69) is 16.0 Å². The Kier molecular flexibility index (Phi) is 6.23. The van der Waals surface area contributed by atoms with Crippen molar-refractivity contribution < 1.29 is 9.59 Å². The minimum absolute atomic E-state index is 0.0858. The fourth-order valence-corrected chi connectivity index (χ4v) is 3.96. The van der Waals surface area contributed by atoms with E-state index in [1.165, 1.54) is 16.3 Å². The second kappa shape index (κ2) is 9.23. The average molecular weight is 452 g/mol. The Labute approximate surface area is 189 Å². The van der Waals surface area contributed by atoms with Gasteiger partial charge < -0.3 is 4.90 Å². The van der Waals surface area contributed by atoms with E-state index in [0.717, 1.165) is 25.1 Å². The van der Waals surface area contributed by atoms with Crippen molar-refractivity contribution in [2.75, 3.05) is 18.0 Å². The number of hydrogen-bond acceptors (Lipinski definition) is 5. The summed E-state index contributed by atoms with van der Waals surface area (Å²) in [6, 6.07) is 16.2. The van der Waals surface area contributed by atoms with Gasteiger partial charge in [0.05, 0.1) is 17.3 Å². The standard InChI is InChI=1S/C23H22ClN5O3/c1-15-13-20(30)22(27-29(15)19-11-5-3-9-17(19)24)23(32)26-25-21(31)14-28-12-6-8-16-7-2-4-10-18(16)28/h2-5,7,9-11,13H,6,8,12,14H2,1H3,(H,25,31)(H,26,32). The van der Waals surface area contributed by atoms with Crippen LogP contribution in [0.3, 0.4) is 0 Å². The molecule has 0 saturated heterocycles. The largest absolute Gasteiger partial charge is 0.362 e. The van der Waals surface area contributed by atoms with Gasteiger partial charge in [-0.25, -0.2) is 4.68 Å². The van der Waals surface area contributed by atoms with E-state index in [-0.39, 0.29) is 12.2 Å². The van der Waals surface area contributed by atoms with Crippen LogP contribution in [0.2, 0.25) is 5.02 Å². The maximum absolute atomic E-state index is 12.6. The zero-order valence-electron chi connectivity index (χ0n) is 17.5. The first kappa shape index (κ1) is 21.6. The highest BCUT2D eigenvalue weighted by Gasteiger charge is 2.20. The van der Waals surface area contributed by atoms with Crippen molar-refractivity contribution in [2.24, 2.45) is 0 Å². The van der Waals surface area contributed by atoms with E-state index in [1.807, 2.05) is 29.2 Å². The van der Waals surface area contributed by atoms with E-state index in [1.54, 1.807) is 31.2 Å². The molecule has 3 aromatic rings. The molecule has 2 heterocycles. The van der Waals surface area contributed by atoms with Gasteiger partial charge in [-0.1, -0.05) is 41.9 Å². The van der Waals surface area contributed by atoms with Gasteiger partial charge in [0, 0.05) is 24.0 Å². The van der Waals surface area contributed by atoms with Gasteiger partial charge in [-0.3, -0.25) is 25.2 Å². The summed E-state index contributed by atoms with van der Waals surface area (Å²) in [5.74, 6) is -1.20. The number of para-hydroxylation sites is 2. The second-order valence-electron chi connectivity index (χ2n) is 7.52. The topological polar surface area (TPSA) is 96.3 Å². The minimum Gasteiger partial charge on any atom is -0.362 e. The highest BCUT2D eigenvalue weighted by atomic mass is 35.5. The molecule has 8 nitrogen and oxygen atoms in total. The van der Waals surface area contributed by atoms with E-state index in [4.69, 9.17) is 11.6 Å². The molecule has 0 spiro atoms. The average Bonchev–Trinajstić information content (AvgIpc) is 2.78. The maximum atomic E-state index is 12.6. The smallest absolute Gasteiger partial charge is 0.294 e. The molecule has 1 aromatic heterocycles. The molecule has 0 bridgehead atoms. The molecular weight excluding hydrogens is 430 g/mol. The van der Waals surface area contributed by atoms with Crippen LogP contribution in [-0.2, 0) is 11.2 Å². The Bertz CT molecular complexity index is 1240. The van der Waals surface area contributed by atoms with E-state index < -0.39 is 17.2 Å². The molecule has 32 heavy (non-hydrogen) atoms. The second-order valence-corrected chi connectivity index (χ2v) is 7.93. The van der Waals surface area contributed by atoms with Crippen LogP contribution in [-0.4, -0.2) is 34.7 Å². The Morgan fingerprint density at radius 2 is 1.78 bits per heavy atom. The molecule has 2 amide bonds. The molecule has 0 unspecified atom stereocenters. The van der Waals surface area contributed by atoms with Crippen molar-refractivity contribution in [3.63, 3.8) is 0 Å². The lowest BCUT2D eigenvalue weighted by molar-refractivity contribution is -0.120. The number of fused-ring (bicyclic) bond motifs is 1. The van der Waals surface area contributed by atoms with Crippen LogP contribution in [0.4, 0.5) is 5.69 Å². The van der Waals surface area contributed by atoms with Crippen LogP contribution < -0.4 is 21.2 Å². The fraction of sp³-hybridized carbons (Fsp3) is 0.217. The minimum atomic E-state index is -0.803. The monoisotopic (exact) mass is 451 g/mol. The summed E-state index contributed by atoms with van der Waals surface area (Å²) in [5.41, 5.74) is 7.03. The number of carbonyl (C=O) groups excluding carboxylic acids is 2. The molecule has 0 atom stereocenters. The molecular formula is C23H22ClN5O3. The third-order valence-electron chi connectivity index (χ3n) is 5.26. The predicted octanol–water partition coefficient (Wildman–Crippen LogP) is 2.41. The van der Waals surface area contributed by atoms with Crippen molar-refractivity contribution in [1.29, 1.82) is 0 Å². The van der Waals surface area contributed by atoms with E-state index in [9.17, 15) is 14.4 Å². The van der Waals surface area contributed by atoms with Gasteiger partial charge in [-0.15, -0.1) is 0 Å². The number of amides is 2. The van der Waals surface area contributed by atoms with Crippen molar-refractivity contribution >= 4 is 29.1 Å². The van der Waals surface area contributed by atoms with Gasteiger partial charge in [0.15, 0.2) is 5.69 Å². The number of anilines is 1. The molecule has 2 aromatic carbocycles. The first-order valence-electron chi connectivity index (χ1n) is 10.2. The quantitative estimate of drug-likeness (QED) is 0.594. The summed E-state index contributed by atoms with van der Waals surface area (Å²) >= 11 is 6.23. The first-order valence-corrected chi connectivity index (χ1v) is 10.6. The molecule has 2 N–H and O–H groups in total. The van der Waals surface area contributed by atoms with Gasteiger partial charge in [0.25, 0.3) is 11.8 Å². The number of nitrogens with zero attached hydrogens (tertiary/aromatic N) is 3. The van der Waals surface area contributed by atoms with Crippen molar-refractivity contribution in [3.8, 4) is 5.69 Å². The summed E-state index contributed by atoms with van der Waals surface area (Å²) in [7, 11) is 0. The van der Waals surface area contributed by atoms with Gasteiger partial charge in [-0.05, 0) is 43.5 Å². The van der Waals surface area contributed by atoms with Crippen LogP contribution in [0.15, 0.2) is 59.4 Å². The lowest BCUT2D eigenvalue weighted by Gasteiger charge is -2.30. The lowest BCUT2D eigenvalue weighted by Crippen LogP contribution is -2.48. The fourth-order valence-electron chi connectivity index (χ4n) is 3.75. The maximum Gasteiger partial charge on any atom is 0.294 e. The Balaban J connectivity index is 1.46. The normalized spacial score (nSPS) is 12.8. The third kappa shape index (κ3) is 4.50. The summed E-state index contributed by atoms with van der Waals surface area (Å²) in [6.45, 7) is 2.53. The Morgan fingerprint density at radius 3 is 2.56 bits per heavy atom. The number of hydrazine groups is 1. The predicted molar refractivity (Wildman–Crippen MR) is 122 cm³/mol. The number of carbonyl (C=O) groups is 2. The number of aryl methyl sites for hydroxylation is 2. The Morgan fingerprint density at radius 1 is 1.06 bits per heavy atom. The molecule has 0 saturated carbocycles. The molecule has 1 aliphatic rings. The summed E-state index contributed by atoms with van der Waals surface area (Å²) in [4.78, 5) is 39.4. The molecule has 0 aliphatic carbocycles. The highest BCUT2D eigenvalue weighted by molar-refractivity contribution is 6.32. The van der Waals surface area contributed by atoms with Gasteiger partial charge in [-0.2, -0.15) is 5.10 Å². The first-order chi connectivity index (χ1) is 15.4. The van der Waals surface area contributed by atoms with Crippen LogP contribution in [0.25, 0.3) is 5.69 Å². The SMILES string of the molecule is Cc1cc(=O)c(C(=O)NNC(=O)CN2CCCc3ccccc32)nn1-c1ccccc1Cl. The van der Waals surface area contributed by atoms with Crippen molar-refractivity contribution in [3.05, 3.63) is 86.8 Å². The summed E-state index contributed by atoms with van der Waals surface area (Å²) in [5, 5.41) is 4.60. The number of aromatic nitrogens is 2. The number of hydrogen-bond donors (Lipinski definition) is 2. The van der Waals surface area contributed by atoms with Crippen LogP contribution in [0, 0.1) is 6.92 Å².